The first-order valence-corrected chi connectivity index (χ1v) is 20.9. The predicted octanol–water partition coefficient (Wildman–Crippen LogP) is 2.82. The van der Waals surface area contributed by atoms with Gasteiger partial charge in [0, 0.05) is 17.4 Å². The van der Waals surface area contributed by atoms with E-state index in [1.54, 1.807) is 0 Å². The van der Waals surface area contributed by atoms with Crippen LogP contribution in [-0.2, 0) is 33.3 Å². The molecule has 2 saturated carbocycles. The van der Waals surface area contributed by atoms with Gasteiger partial charge in [0.25, 0.3) is 0 Å². The molecule has 2 spiro atoms. The van der Waals surface area contributed by atoms with Crippen molar-refractivity contribution in [2.75, 3.05) is 12.8 Å². The summed E-state index contributed by atoms with van der Waals surface area (Å²) in [6.07, 6.45) is 4.30. The molecule has 9 atom stereocenters. The number of hydrogen-bond donors (Lipinski definition) is 0. The molecule has 0 unspecified atom stereocenters. The lowest BCUT2D eigenvalue weighted by atomic mass is 9.46. The maximum absolute atomic E-state index is 14.0. The fourth-order valence-corrected chi connectivity index (χ4v) is 15.9. The molecule has 0 amide bonds. The summed E-state index contributed by atoms with van der Waals surface area (Å²) in [6.45, 7) is 7.01. The van der Waals surface area contributed by atoms with Crippen LogP contribution >= 0.6 is 7.26 Å². The largest absolute Gasteiger partial charge is 1.00 e. The fraction of sp³-hybridized carbons (Fsp3) is 0.488. The van der Waals surface area contributed by atoms with Crippen molar-refractivity contribution >= 4 is 35.1 Å². The fourth-order valence-electron chi connectivity index (χ4n) is 11.5. The highest BCUT2D eigenvalue weighted by molar-refractivity contribution is 7.95. The van der Waals surface area contributed by atoms with E-state index >= 15 is 0 Å². The molecule has 3 aliphatic carbocycles. The topological polar surface area (TPSA) is 90.2 Å². The minimum absolute atomic E-state index is 0. The second-order valence-corrected chi connectivity index (χ2v) is 20.0. The maximum atomic E-state index is 14.0. The van der Waals surface area contributed by atoms with Crippen LogP contribution in [0.15, 0.2) is 102 Å². The Hall–Kier alpha value is -2.87. The van der Waals surface area contributed by atoms with Gasteiger partial charge in [-0.15, -0.1) is 0 Å². The Balaban J connectivity index is 0.00000360. The zero-order valence-corrected chi connectivity index (χ0v) is 32.4. The van der Waals surface area contributed by atoms with Gasteiger partial charge in [-0.2, -0.15) is 0 Å². The molecule has 4 heterocycles. The highest BCUT2D eigenvalue weighted by Gasteiger charge is 3.01. The summed E-state index contributed by atoms with van der Waals surface area (Å²) in [6, 6.07) is 32.7. The first-order chi connectivity index (χ1) is 24.7. The lowest BCUT2D eigenvalue weighted by Gasteiger charge is -2.53. The lowest BCUT2D eigenvalue weighted by Crippen LogP contribution is -3.00. The van der Waals surface area contributed by atoms with E-state index in [4.69, 9.17) is 23.7 Å². The average molecular weight is 786 g/mol. The molecule has 0 bridgehead atoms. The second-order valence-electron chi connectivity index (χ2n) is 16.4. The van der Waals surface area contributed by atoms with E-state index < -0.39 is 30.2 Å². The number of epoxide rings is 3. The Bertz CT molecular complexity index is 1840. The first-order valence-electron chi connectivity index (χ1n) is 18.9. The molecular formula is C43H46BrO7P. The number of hydrogen-bond acceptors (Lipinski definition) is 7. The van der Waals surface area contributed by atoms with E-state index in [0.29, 0.717) is 19.4 Å². The predicted molar refractivity (Wildman–Crippen MR) is 195 cm³/mol. The van der Waals surface area contributed by atoms with Gasteiger partial charge >= 0.3 is 11.9 Å². The van der Waals surface area contributed by atoms with E-state index in [1.165, 1.54) is 15.9 Å². The molecule has 4 aliphatic heterocycles. The van der Waals surface area contributed by atoms with E-state index in [9.17, 15) is 9.59 Å². The van der Waals surface area contributed by atoms with E-state index in [2.05, 4.69) is 112 Å². The Morgan fingerprint density at radius 1 is 0.865 bits per heavy atom. The average Bonchev–Trinajstić information content (AvgIpc) is 4.08. The highest BCUT2D eigenvalue weighted by Crippen LogP contribution is 2.83. The van der Waals surface area contributed by atoms with Crippen molar-refractivity contribution in [2.24, 2.45) is 17.3 Å². The van der Waals surface area contributed by atoms with Gasteiger partial charge in [-0.3, -0.25) is 4.79 Å². The monoisotopic (exact) mass is 784 g/mol. The van der Waals surface area contributed by atoms with Crippen molar-refractivity contribution < 1.29 is 50.3 Å². The van der Waals surface area contributed by atoms with Crippen LogP contribution in [0.3, 0.4) is 0 Å². The second kappa shape index (κ2) is 12.1. The van der Waals surface area contributed by atoms with Gasteiger partial charge in [0.2, 0.25) is 0 Å². The minimum atomic E-state index is -1.98. The van der Waals surface area contributed by atoms with Gasteiger partial charge in [-0.1, -0.05) is 75.4 Å². The smallest absolute Gasteiger partial charge is 0.334 e. The van der Waals surface area contributed by atoms with E-state index in [1.807, 2.05) is 0 Å². The van der Waals surface area contributed by atoms with Gasteiger partial charge in [0.05, 0.1) is 12.3 Å². The third kappa shape index (κ3) is 4.39. The molecule has 3 aromatic rings. The van der Waals surface area contributed by atoms with Gasteiger partial charge in [-0.25, -0.2) is 4.79 Å². The molecule has 3 saturated heterocycles. The molecule has 7 aliphatic rings. The van der Waals surface area contributed by atoms with Crippen molar-refractivity contribution in [1.29, 1.82) is 0 Å². The number of rotatable bonds is 10. The Labute approximate surface area is 316 Å². The molecule has 7 nitrogen and oxygen atoms in total. The van der Waals surface area contributed by atoms with Crippen LogP contribution in [0.25, 0.3) is 0 Å². The summed E-state index contributed by atoms with van der Waals surface area (Å²) in [5.41, 5.74) is -0.225. The number of unbranched alkanes of at least 4 members (excludes halogenated alkanes) is 1. The van der Waals surface area contributed by atoms with Crippen molar-refractivity contribution in [3.05, 3.63) is 102 Å². The zero-order chi connectivity index (χ0) is 34.8. The summed E-state index contributed by atoms with van der Waals surface area (Å²) >= 11 is 0. The summed E-state index contributed by atoms with van der Waals surface area (Å²) in [4.78, 5) is 26.6. The van der Waals surface area contributed by atoms with Crippen molar-refractivity contribution in [3.8, 4) is 0 Å². The van der Waals surface area contributed by atoms with Crippen LogP contribution in [-0.4, -0.2) is 65.9 Å². The summed E-state index contributed by atoms with van der Waals surface area (Å²) in [5.74, 6) is -0.0861. The number of fused-ring (bicyclic) bond motifs is 4. The molecule has 10 rings (SSSR count). The molecule has 0 radical (unpaired) electrons. The Morgan fingerprint density at radius 3 is 2.08 bits per heavy atom. The number of ether oxygens (including phenoxy) is 5. The normalized spacial score (nSPS) is 37.2. The van der Waals surface area contributed by atoms with Crippen molar-refractivity contribution in [1.82, 2.24) is 0 Å². The molecule has 3 aromatic carbocycles. The van der Waals surface area contributed by atoms with E-state index in [-0.39, 0.29) is 64.5 Å². The maximum Gasteiger partial charge on any atom is 0.334 e. The number of benzene rings is 3. The van der Waals surface area contributed by atoms with E-state index in [0.717, 1.165) is 43.0 Å². The third-order valence-corrected chi connectivity index (χ3v) is 18.6. The third-order valence-electron chi connectivity index (χ3n) is 14.0. The molecule has 0 aromatic heterocycles. The number of carbonyl (C=O) groups excluding carboxylic acids is 2. The SMILES string of the molecule is CC(C)[C@]12O[C@H]1[C@@H]1O[C@]13[C@]1(O[C@H]1C[C@H]1C4=C(CC[C@@]13C)C(=O)OC4)[C@@H]2OC(=O)CCCC[P+](c1ccccc1)(c1ccccc1)c1ccccc1.[Br-]. The Kier molecular flexibility index (Phi) is 8.09. The minimum Gasteiger partial charge on any atom is -1.00 e. The van der Waals surface area contributed by atoms with Gasteiger partial charge in [0.1, 0.15) is 53.2 Å². The number of cyclic esters (lactones) is 1. The molecule has 9 heteroatoms. The highest BCUT2D eigenvalue weighted by atomic mass is 79.9. The van der Waals surface area contributed by atoms with Crippen LogP contribution in [0.2, 0.25) is 0 Å². The van der Waals surface area contributed by atoms with Crippen LogP contribution < -0.4 is 32.9 Å². The molecule has 272 valence electrons. The van der Waals surface area contributed by atoms with Gasteiger partial charge < -0.3 is 40.7 Å². The van der Waals surface area contributed by atoms with Crippen LogP contribution in [0.5, 0.6) is 0 Å². The van der Waals surface area contributed by atoms with Crippen molar-refractivity contribution in [3.63, 3.8) is 0 Å². The molecule has 0 N–H and O–H groups in total. The van der Waals surface area contributed by atoms with Crippen molar-refractivity contribution in [2.45, 2.75) is 101 Å². The molecular weight excluding hydrogens is 739 g/mol. The van der Waals surface area contributed by atoms with Gasteiger partial charge in [0.15, 0.2) is 11.7 Å². The summed E-state index contributed by atoms with van der Waals surface area (Å²) < 4.78 is 32.6. The van der Waals surface area contributed by atoms with Crippen LogP contribution in [0.1, 0.15) is 59.3 Å². The van der Waals surface area contributed by atoms with Crippen LogP contribution in [0, 0.1) is 17.3 Å². The first kappa shape index (κ1) is 34.9. The summed E-state index contributed by atoms with van der Waals surface area (Å²) in [5, 5.41) is 4.06. The summed E-state index contributed by atoms with van der Waals surface area (Å²) in [7, 11) is -1.98. The number of esters is 2. The quantitative estimate of drug-likeness (QED) is 0.135. The molecule has 5 fully saturated rings. The molecule has 52 heavy (non-hydrogen) atoms. The lowest BCUT2D eigenvalue weighted by molar-refractivity contribution is -0.169. The number of halogens is 1. The van der Waals surface area contributed by atoms with Gasteiger partial charge in [-0.05, 0) is 85.9 Å². The zero-order valence-electron chi connectivity index (χ0n) is 30.0. The standard InChI is InChI=1S/C43H46O7P.BrH/c1-27(2)41-36(49-41)37-43(50-37)40(3)23-22-31-32(26-46-38(31)45)33(40)25-34-42(43,48-34)39(41)47-35(44)21-13-14-24-51(28-15-7-4-8-16-28,29-17-9-5-10-18-29)30-19-11-6-12-20-30;/h4-12,15-20,27,33-34,36-37,39H,13-14,21-26H2,1-3H3;1H/q+1;/p-1/t33-,34-,36-,37-,39+,40-,41-,42+,43+;/m0./s1. The Morgan fingerprint density at radius 2 is 1.48 bits per heavy atom. The number of carbonyl (C=O) groups is 2. The van der Waals surface area contributed by atoms with Crippen LogP contribution in [0.4, 0.5) is 0 Å².